The summed E-state index contributed by atoms with van der Waals surface area (Å²) in [6, 6.07) is 11.9. The first-order valence-electron chi connectivity index (χ1n) is 10.4. The largest absolute Gasteiger partial charge is 0.340 e. The Morgan fingerprint density at radius 2 is 1.57 bits per heavy atom. The molecule has 0 aromatic heterocycles. The van der Waals surface area contributed by atoms with Gasteiger partial charge in [-0.25, -0.2) is 0 Å². The van der Waals surface area contributed by atoms with E-state index < -0.39 is 0 Å². The van der Waals surface area contributed by atoms with Crippen molar-refractivity contribution >= 4 is 17.5 Å². The fourth-order valence-electron chi connectivity index (χ4n) is 3.47. The lowest BCUT2D eigenvalue weighted by atomic mass is 10.1. The lowest BCUT2D eigenvalue weighted by Crippen LogP contribution is -2.51. The quantitative estimate of drug-likeness (QED) is 0.626. The zero-order chi connectivity index (χ0) is 21.8. The Bertz CT molecular complexity index is 772. The van der Waals surface area contributed by atoms with Gasteiger partial charge in [0.1, 0.15) is 0 Å². The number of nitrogens with one attached hydrogen (secondary N) is 1. The van der Waals surface area contributed by atoms with E-state index in [0.717, 1.165) is 17.7 Å². The predicted octanol–water partition coefficient (Wildman–Crippen LogP) is 1.46. The molecule has 0 unspecified atom stereocenters. The van der Waals surface area contributed by atoms with E-state index in [1.807, 2.05) is 36.4 Å². The highest BCUT2D eigenvalue weighted by molar-refractivity contribution is 5.93. The van der Waals surface area contributed by atoms with Gasteiger partial charge in [-0.05, 0) is 18.1 Å². The molecule has 160 valence electrons. The first-order chi connectivity index (χ1) is 14.6. The topological polar surface area (TPSA) is 103 Å². The number of amides is 2. The molecule has 0 bridgehead atoms. The molecular weight excluding hydrogens is 380 g/mol. The number of para-hydroxylation sites is 1. The van der Waals surface area contributed by atoms with Crippen LogP contribution < -0.4 is 5.32 Å². The van der Waals surface area contributed by atoms with E-state index in [1.165, 1.54) is 0 Å². The first kappa shape index (κ1) is 23.3. The third-order valence-electron chi connectivity index (χ3n) is 5.20. The standard InChI is InChI=1S/C22H30N6O2/c1-2-19-7-3-4-8-20(19)25-21(29)17-26-13-15-27(16-14-26)18-22(30)28(11-5-9-23)12-6-10-24/h3-4,7-8H,2,5-6,11-18H2,1H3,(H,25,29). The van der Waals surface area contributed by atoms with Crippen LogP contribution in [0.5, 0.6) is 0 Å². The predicted molar refractivity (Wildman–Crippen MR) is 114 cm³/mol. The van der Waals surface area contributed by atoms with Gasteiger partial charge in [0.25, 0.3) is 0 Å². The van der Waals surface area contributed by atoms with E-state index in [4.69, 9.17) is 10.5 Å². The number of carbonyl (C=O) groups is 2. The molecule has 1 aromatic carbocycles. The smallest absolute Gasteiger partial charge is 0.238 e. The van der Waals surface area contributed by atoms with Gasteiger partial charge in [-0.15, -0.1) is 0 Å². The zero-order valence-electron chi connectivity index (χ0n) is 17.6. The molecule has 0 aliphatic carbocycles. The fraction of sp³-hybridized carbons (Fsp3) is 0.545. The van der Waals surface area contributed by atoms with Crippen LogP contribution in [0.4, 0.5) is 5.69 Å². The summed E-state index contributed by atoms with van der Waals surface area (Å²) < 4.78 is 0. The van der Waals surface area contributed by atoms with E-state index in [1.54, 1.807) is 4.90 Å². The second kappa shape index (κ2) is 12.6. The molecule has 1 aliphatic rings. The van der Waals surface area contributed by atoms with Crippen LogP contribution in [0.15, 0.2) is 24.3 Å². The van der Waals surface area contributed by atoms with Crippen molar-refractivity contribution in [3.8, 4) is 12.1 Å². The molecule has 1 aromatic rings. The molecule has 0 radical (unpaired) electrons. The molecule has 8 heteroatoms. The number of carbonyl (C=O) groups excluding carboxylic acids is 2. The minimum Gasteiger partial charge on any atom is -0.340 e. The number of aryl methyl sites for hydroxylation is 1. The zero-order valence-corrected chi connectivity index (χ0v) is 17.6. The molecule has 1 saturated heterocycles. The van der Waals surface area contributed by atoms with E-state index in [2.05, 4.69) is 22.0 Å². The minimum absolute atomic E-state index is 0.0281. The van der Waals surface area contributed by atoms with E-state index in [0.29, 0.717) is 45.8 Å². The maximum Gasteiger partial charge on any atom is 0.238 e. The van der Waals surface area contributed by atoms with Gasteiger partial charge in [-0.3, -0.25) is 19.4 Å². The Balaban J connectivity index is 1.77. The van der Waals surface area contributed by atoms with Gasteiger partial charge in [-0.2, -0.15) is 10.5 Å². The van der Waals surface area contributed by atoms with Gasteiger partial charge < -0.3 is 10.2 Å². The maximum absolute atomic E-state index is 12.5. The van der Waals surface area contributed by atoms with Crippen molar-refractivity contribution in [1.29, 1.82) is 10.5 Å². The maximum atomic E-state index is 12.5. The Labute approximate surface area is 178 Å². The lowest BCUT2D eigenvalue weighted by molar-refractivity contribution is -0.133. The van der Waals surface area contributed by atoms with Gasteiger partial charge in [0.2, 0.25) is 11.8 Å². The summed E-state index contributed by atoms with van der Waals surface area (Å²) in [6.07, 6.45) is 1.39. The molecule has 1 N–H and O–H groups in total. The van der Waals surface area contributed by atoms with Crippen LogP contribution in [0.3, 0.4) is 0 Å². The Morgan fingerprint density at radius 1 is 1.00 bits per heavy atom. The van der Waals surface area contributed by atoms with Crippen LogP contribution in [-0.4, -0.2) is 78.9 Å². The van der Waals surface area contributed by atoms with Crippen molar-refractivity contribution in [3.63, 3.8) is 0 Å². The van der Waals surface area contributed by atoms with Crippen LogP contribution >= 0.6 is 0 Å². The highest BCUT2D eigenvalue weighted by atomic mass is 16.2. The first-order valence-corrected chi connectivity index (χ1v) is 10.4. The molecular formula is C22H30N6O2. The normalized spacial score (nSPS) is 14.5. The summed E-state index contributed by atoms with van der Waals surface area (Å²) in [4.78, 5) is 30.7. The SMILES string of the molecule is CCc1ccccc1NC(=O)CN1CCN(CC(=O)N(CCC#N)CCC#N)CC1. The third-order valence-corrected chi connectivity index (χ3v) is 5.20. The Morgan fingerprint density at radius 3 is 2.13 bits per heavy atom. The van der Waals surface area contributed by atoms with Crippen LogP contribution in [-0.2, 0) is 16.0 Å². The average molecular weight is 411 g/mol. The summed E-state index contributed by atoms with van der Waals surface area (Å²) in [7, 11) is 0. The number of nitriles is 2. The number of anilines is 1. The van der Waals surface area contributed by atoms with Crippen molar-refractivity contribution in [2.75, 3.05) is 57.7 Å². The van der Waals surface area contributed by atoms with E-state index >= 15 is 0 Å². The molecule has 8 nitrogen and oxygen atoms in total. The van der Waals surface area contributed by atoms with Crippen LogP contribution in [0, 0.1) is 22.7 Å². The molecule has 0 saturated carbocycles. The Kier molecular flexibility index (Phi) is 9.79. The average Bonchev–Trinajstić information content (AvgIpc) is 2.75. The summed E-state index contributed by atoms with van der Waals surface area (Å²) >= 11 is 0. The molecule has 0 spiro atoms. The molecule has 2 rings (SSSR count). The number of piperazine rings is 1. The third kappa shape index (κ3) is 7.47. The van der Waals surface area contributed by atoms with Gasteiger partial charge >= 0.3 is 0 Å². The Hall–Kier alpha value is -2.94. The molecule has 30 heavy (non-hydrogen) atoms. The molecule has 0 atom stereocenters. The number of hydrogen-bond acceptors (Lipinski definition) is 6. The summed E-state index contributed by atoms with van der Waals surface area (Å²) in [5.41, 5.74) is 1.98. The van der Waals surface area contributed by atoms with Gasteiger partial charge in [0.05, 0.1) is 38.1 Å². The van der Waals surface area contributed by atoms with Crippen molar-refractivity contribution in [2.45, 2.75) is 26.2 Å². The molecule has 1 aliphatic heterocycles. The molecule has 2 amide bonds. The highest BCUT2D eigenvalue weighted by Gasteiger charge is 2.23. The lowest BCUT2D eigenvalue weighted by Gasteiger charge is -2.35. The number of benzene rings is 1. The number of hydrogen-bond donors (Lipinski definition) is 1. The molecule has 1 heterocycles. The van der Waals surface area contributed by atoms with Crippen LogP contribution in [0.2, 0.25) is 0 Å². The van der Waals surface area contributed by atoms with Gasteiger partial charge in [0, 0.05) is 45.0 Å². The van der Waals surface area contributed by atoms with Gasteiger partial charge in [-0.1, -0.05) is 25.1 Å². The van der Waals surface area contributed by atoms with Gasteiger partial charge in [0.15, 0.2) is 0 Å². The van der Waals surface area contributed by atoms with Crippen molar-refractivity contribution in [2.24, 2.45) is 0 Å². The highest BCUT2D eigenvalue weighted by Crippen LogP contribution is 2.15. The van der Waals surface area contributed by atoms with Crippen molar-refractivity contribution in [3.05, 3.63) is 29.8 Å². The number of rotatable bonds is 10. The van der Waals surface area contributed by atoms with Crippen LogP contribution in [0.25, 0.3) is 0 Å². The van der Waals surface area contributed by atoms with Crippen molar-refractivity contribution < 1.29 is 9.59 Å². The second-order valence-corrected chi connectivity index (χ2v) is 7.31. The fourth-order valence-corrected chi connectivity index (χ4v) is 3.47. The minimum atomic E-state index is -0.0529. The van der Waals surface area contributed by atoms with E-state index in [9.17, 15) is 9.59 Å². The summed E-state index contributed by atoms with van der Waals surface area (Å²) in [6.45, 7) is 6.22. The monoisotopic (exact) mass is 410 g/mol. The number of nitrogens with zero attached hydrogens (tertiary/aromatic N) is 5. The van der Waals surface area contributed by atoms with E-state index in [-0.39, 0.29) is 31.2 Å². The second-order valence-electron chi connectivity index (χ2n) is 7.31. The summed E-state index contributed by atoms with van der Waals surface area (Å²) in [5, 5.41) is 20.5. The molecule has 1 fully saturated rings. The van der Waals surface area contributed by atoms with Crippen LogP contribution in [0.1, 0.15) is 25.3 Å². The summed E-state index contributed by atoms with van der Waals surface area (Å²) in [5.74, 6) is -0.0810. The van der Waals surface area contributed by atoms with Crippen molar-refractivity contribution in [1.82, 2.24) is 14.7 Å².